The number of para-hydroxylation sites is 1. The first-order valence-corrected chi connectivity index (χ1v) is 24.6. The van der Waals surface area contributed by atoms with Crippen LogP contribution in [0.15, 0.2) is 72.2 Å². The SMILES string of the molecule is CCCC[C@H](NC(C)=O)C(=O)N[C@H]1CCC(=O)NCCCCNC(=O)[C@H](Cc2c[nH]c3ccccc23)NC(=O)[C@H](CCCN=C(N)N)NC(=O)[C@@H](Cc2cccc(Cl)c2)NC(=O)[C@H](Cc2cnc[nH]2)NC1=O. The number of nitrogens with one attached hydrogen (secondary N) is 10. The van der Waals surface area contributed by atoms with Crippen molar-refractivity contribution in [1.29, 1.82) is 0 Å². The van der Waals surface area contributed by atoms with E-state index in [1.54, 1.807) is 30.5 Å². The molecule has 0 radical (unpaired) electrons. The van der Waals surface area contributed by atoms with Gasteiger partial charge in [0, 0.05) is 86.3 Å². The van der Waals surface area contributed by atoms with Gasteiger partial charge >= 0.3 is 0 Å². The van der Waals surface area contributed by atoms with Crippen LogP contribution in [0, 0.1) is 0 Å². The zero-order chi connectivity index (χ0) is 52.0. The predicted molar refractivity (Wildman–Crippen MR) is 271 cm³/mol. The van der Waals surface area contributed by atoms with Gasteiger partial charge in [0.05, 0.1) is 6.33 Å². The molecule has 0 aliphatic carbocycles. The standard InChI is InChI=1S/C49H67ClN14O8/c1-3-4-14-36(59-29(2)65)44(68)61-38-17-18-42(66)54-19-7-8-20-55-43(67)40(24-31-26-57-35-15-6-5-13-34(31)35)63-45(69)37(16-10-21-56-49(51)52)60-47(71)39(23-30-11-9-12-32(50)22-30)62-48(72)41(64-46(38)70)25-33-27-53-28-58-33/h5-6,9,11-13,15,22,26-28,36-41,57H,3-4,7-8,10,14,16-21,23-25H2,1-2H3,(H,53,58)(H,54,66)(H,55,67)(H,59,65)(H,60,71)(H,61,68)(H,62,72)(H,63,69)(H,64,70)(H4,51,52,56)/t36-,37-,38-,39+,40-,41-/m0/s1. The lowest BCUT2D eigenvalue weighted by Crippen LogP contribution is -2.60. The summed E-state index contributed by atoms with van der Waals surface area (Å²) in [6.07, 6.45) is 6.70. The molecule has 1 aliphatic heterocycles. The fraction of sp³-hybridized carbons (Fsp3) is 0.469. The molecule has 0 unspecified atom stereocenters. The maximum absolute atomic E-state index is 14.7. The van der Waals surface area contributed by atoms with Gasteiger partial charge in [0.2, 0.25) is 47.3 Å². The molecule has 23 heteroatoms. The molecular weight excluding hydrogens is 948 g/mol. The smallest absolute Gasteiger partial charge is 0.243 e. The molecule has 1 saturated heterocycles. The van der Waals surface area contributed by atoms with Crippen molar-refractivity contribution in [3.8, 4) is 0 Å². The van der Waals surface area contributed by atoms with Gasteiger partial charge in [-0.2, -0.15) is 0 Å². The lowest BCUT2D eigenvalue weighted by Gasteiger charge is -2.28. The van der Waals surface area contributed by atoms with Crippen LogP contribution >= 0.6 is 11.6 Å². The van der Waals surface area contributed by atoms with Crippen molar-refractivity contribution in [2.75, 3.05) is 19.6 Å². The molecule has 0 saturated carbocycles. The number of hydrogen-bond acceptors (Lipinski definition) is 10. The molecule has 0 bridgehead atoms. The summed E-state index contributed by atoms with van der Waals surface area (Å²) >= 11 is 6.36. The number of aliphatic imine (C=N–C) groups is 1. The number of unbranched alkanes of at least 4 members (excludes halogenated alkanes) is 1. The van der Waals surface area contributed by atoms with Gasteiger partial charge in [0.15, 0.2) is 5.96 Å². The second-order valence-electron chi connectivity index (χ2n) is 17.7. The van der Waals surface area contributed by atoms with Crippen LogP contribution in [0.25, 0.3) is 10.9 Å². The van der Waals surface area contributed by atoms with E-state index < -0.39 is 83.5 Å². The average molecular weight is 1020 g/mol. The third-order valence-corrected chi connectivity index (χ3v) is 12.2. The lowest BCUT2D eigenvalue weighted by atomic mass is 10.0. The largest absolute Gasteiger partial charge is 0.370 e. The summed E-state index contributed by atoms with van der Waals surface area (Å²) in [6.45, 7) is 3.72. The van der Waals surface area contributed by atoms with Gasteiger partial charge in [-0.05, 0) is 67.9 Å². The molecule has 388 valence electrons. The Balaban J connectivity index is 1.52. The van der Waals surface area contributed by atoms with Crippen LogP contribution in [-0.2, 0) is 57.6 Å². The normalized spacial score (nSPS) is 20.6. The molecule has 6 atom stereocenters. The van der Waals surface area contributed by atoms with Crippen molar-refractivity contribution in [1.82, 2.24) is 57.5 Å². The van der Waals surface area contributed by atoms with E-state index in [2.05, 4.69) is 62.5 Å². The molecule has 1 fully saturated rings. The maximum Gasteiger partial charge on any atom is 0.243 e. The Morgan fingerprint density at radius 2 is 1.49 bits per heavy atom. The number of carbonyl (C=O) groups is 8. The summed E-state index contributed by atoms with van der Waals surface area (Å²) in [5.41, 5.74) is 13.7. The second-order valence-corrected chi connectivity index (χ2v) is 18.2. The summed E-state index contributed by atoms with van der Waals surface area (Å²) in [5, 5.41) is 23.4. The number of fused-ring (bicyclic) bond motifs is 1. The number of aromatic nitrogens is 3. The van der Waals surface area contributed by atoms with E-state index >= 15 is 0 Å². The number of aromatic amines is 2. The van der Waals surface area contributed by atoms with Gasteiger partial charge in [-0.25, -0.2) is 4.98 Å². The van der Waals surface area contributed by atoms with E-state index in [0.717, 1.165) is 22.9 Å². The van der Waals surface area contributed by atoms with Crippen molar-refractivity contribution in [2.24, 2.45) is 16.5 Å². The van der Waals surface area contributed by atoms with Crippen LogP contribution in [0.3, 0.4) is 0 Å². The third kappa shape index (κ3) is 18.0. The summed E-state index contributed by atoms with van der Waals surface area (Å²) in [6, 6.07) is 6.59. The van der Waals surface area contributed by atoms with Crippen LogP contribution in [-0.4, -0.2) is 124 Å². The Hall–Kier alpha value is -7.49. The summed E-state index contributed by atoms with van der Waals surface area (Å²) in [5.74, 6) is -5.34. The van der Waals surface area contributed by atoms with Crippen LogP contribution < -0.4 is 54.0 Å². The minimum absolute atomic E-state index is 0.00613. The maximum atomic E-state index is 14.7. The number of guanidine groups is 1. The van der Waals surface area contributed by atoms with Gasteiger partial charge < -0.3 is 64.0 Å². The number of H-pyrrole nitrogens is 2. The Kier molecular flexibility index (Phi) is 21.9. The molecular formula is C49H67ClN14O8. The van der Waals surface area contributed by atoms with E-state index in [-0.39, 0.29) is 77.0 Å². The first-order valence-electron chi connectivity index (χ1n) is 24.3. The topological polar surface area (TPSA) is 342 Å². The van der Waals surface area contributed by atoms with Crippen molar-refractivity contribution in [3.05, 3.63) is 89.1 Å². The van der Waals surface area contributed by atoms with Gasteiger partial charge in [0.25, 0.3) is 0 Å². The quantitative estimate of drug-likeness (QED) is 0.0418. The first kappa shape index (κ1) is 55.4. The Morgan fingerprint density at radius 3 is 2.18 bits per heavy atom. The number of amides is 8. The zero-order valence-electron chi connectivity index (χ0n) is 40.6. The van der Waals surface area contributed by atoms with Gasteiger partial charge in [-0.3, -0.25) is 43.3 Å². The monoisotopic (exact) mass is 1010 g/mol. The van der Waals surface area contributed by atoms with Crippen molar-refractivity contribution >= 4 is 75.7 Å². The lowest BCUT2D eigenvalue weighted by molar-refractivity contribution is -0.135. The Labute approximate surface area is 422 Å². The van der Waals surface area contributed by atoms with Crippen LogP contribution in [0.1, 0.15) is 88.5 Å². The zero-order valence-corrected chi connectivity index (χ0v) is 41.4. The summed E-state index contributed by atoms with van der Waals surface area (Å²) in [4.78, 5) is 125. The molecule has 8 amide bonds. The molecule has 1 aliphatic rings. The molecule has 2 aromatic heterocycles. The molecule has 0 spiro atoms. The highest BCUT2D eigenvalue weighted by molar-refractivity contribution is 6.30. The number of imidazole rings is 1. The molecule has 3 heterocycles. The van der Waals surface area contributed by atoms with Gasteiger partial charge in [-0.1, -0.05) is 61.7 Å². The van der Waals surface area contributed by atoms with E-state index in [1.807, 2.05) is 31.2 Å². The van der Waals surface area contributed by atoms with Crippen molar-refractivity contribution in [2.45, 2.75) is 127 Å². The molecule has 14 N–H and O–H groups in total. The number of carbonyl (C=O) groups excluding carboxylic acids is 8. The first-order chi connectivity index (χ1) is 34.6. The fourth-order valence-electron chi connectivity index (χ4n) is 8.17. The van der Waals surface area contributed by atoms with Gasteiger partial charge in [0.1, 0.15) is 36.3 Å². The van der Waals surface area contributed by atoms with E-state index in [1.165, 1.54) is 19.4 Å². The summed E-state index contributed by atoms with van der Waals surface area (Å²) in [7, 11) is 0. The number of nitrogens with two attached hydrogens (primary N) is 2. The van der Waals surface area contributed by atoms with Crippen molar-refractivity contribution < 1.29 is 38.4 Å². The van der Waals surface area contributed by atoms with Crippen LogP contribution in [0.5, 0.6) is 0 Å². The number of rotatable bonds is 16. The second kappa shape index (κ2) is 28.4. The fourth-order valence-corrected chi connectivity index (χ4v) is 8.38. The van der Waals surface area contributed by atoms with Crippen LogP contribution in [0.4, 0.5) is 0 Å². The molecule has 2 aromatic carbocycles. The Morgan fingerprint density at radius 1 is 0.806 bits per heavy atom. The molecule has 5 rings (SSSR count). The highest BCUT2D eigenvalue weighted by Gasteiger charge is 2.34. The van der Waals surface area contributed by atoms with E-state index in [4.69, 9.17) is 23.1 Å². The van der Waals surface area contributed by atoms with Crippen LogP contribution in [0.2, 0.25) is 5.02 Å². The predicted octanol–water partition coefficient (Wildman–Crippen LogP) is 0.551. The molecule has 22 nitrogen and oxygen atoms in total. The molecule has 4 aromatic rings. The average Bonchev–Trinajstić information content (AvgIpc) is 4.02. The summed E-state index contributed by atoms with van der Waals surface area (Å²) < 4.78 is 0. The molecule has 72 heavy (non-hydrogen) atoms. The number of hydrogen-bond donors (Lipinski definition) is 12. The number of benzene rings is 2. The third-order valence-electron chi connectivity index (χ3n) is 11.9. The van der Waals surface area contributed by atoms with E-state index in [9.17, 15) is 38.4 Å². The minimum atomic E-state index is -1.41. The number of halogens is 1. The highest BCUT2D eigenvalue weighted by Crippen LogP contribution is 2.20. The highest BCUT2D eigenvalue weighted by atomic mass is 35.5. The van der Waals surface area contributed by atoms with Gasteiger partial charge in [-0.15, -0.1) is 0 Å². The van der Waals surface area contributed by atoms with E-state index in [0.29, 0.717) is 35.5 Å². The van der Waals surface area contributed by atoms with Crippen molar-refractivity contribution in [3.63, 3.8) is 0 Å². The Bertz CT molecular complexity index is 2510. The number of nitrogens with zero attached hydrogens (tertiary/aromatic N) is 2. The minimum Gasteiger partial charge on any atom is -0.370 e.